The number of imidazole rings is 1. The van der Waals surface area contributed by atoms with Gasteiger partial charge in [0, 0.05) is 18.9 Å². The Kier molecular flexibility index (Phi) is 3.32. The van der Waals surface area contributed by atoms with Crippen LogP contribution in [0.2, 0.25) is 0 Å². The molecule has 0 aliphatic carbocycles. The summed E-state index contributed by atoms with van der Waals surface area (Å²) < 4.78 is 42.0. The second-order valence-electron chi connectivity index (χ2n) is 4.76. The molecule has 0 fully saturated rings. The SMILES string of the molecule is Cn1cnc2c1C=CN(c1ccc(OC(F)(F)F)cc1)C2O. The zero-order valence-electron chi connectivity index (χ0n) is 11.4. The fraction of sp³-hybridized carbons (Fsp3) is 0.214. The molecule has 116 valence electrons. The van der Waals surface area contributed by atoms with Gasteiger partial charge in [-0.1, -0.05) is 0 Å². The number of halogens is 3. The predicted octanol–water partition coefficient (Wildman–Crippen LogP) is 2.80. The van der Waals surface area contributed by atoms with Gasteiger partial charge >= 0.3 is 6.36 Å². The molecule has 1 aliphatic heterocycles. The van der Waals surface area contributed by atoms with Gasteiger partial charge in [0.25, 0.3) is 0 Å². The van der Waals surface area contributed by atoms with Crippen molar-refractivity contribution in [3.8, 4) is 5.75 Å². The summed E-state index contributed by atoms with van der Waals surface area (Å²) in [6, 6.07) is 5.25. The van der Waals surface area contributed by atoms with Crippen LogP contribution in [0.5, 0.6) is 5.75 Å². The lowest BCUT2D eigenvalue weighted by molar-refractivity contribution is -0.274. The summed E-state index contributed by atoms with van der Waals surface area (Å²) in [6.07, 6.45) is -0.726. The maximum absolute atomic E-state index is 12.1. The molecule has 8 heteroatoms. The molecule has 0 bridgehead atoms. The standard InChI is InChI=1S/C14H12F3N3O2/c1-19-8-18-12-11(19)6-7-20(13(12)21)9-2-4-10(5-3-9)22-14(15,16)17/h2-8,13,21H,1H3. The van der Waals surface area contributed by atoms with Gasteiger partial charge in [-0.05, 0) is 30.3 Å². The summed E-state index contributed by atoms with van der Waals surface area (Å²) in [4.78, 5) is 5.63. The second kappa shape index (κ2) is 5.06. The van der Waals surface area contributed by atoms with Gasteiger partial charge in [0.1, 0.15) is 11.4 Å². The lowest BCUT2D eigenvalue weighted by atomic mass is 10.1. The van der Waals surface area contributed by atoms with E-state index in [1.165, 1.54) is 29.2 Å². The minimum atomic E-state index is -4.73. The first-order valence-electron chi connectivity index (χ1n) is 6.37. The Bertz CT molecular complexity index is 707. The Morgan fingerprint density at radius 1 is 1.23 bits per heavy atom. The third-order valence-corrected chi connectivity index (χ3v) is 3.28. The fourth-order valence-electron chi connectivity index (χ4n) is 2.27. The average molecular weight is 311 g/mol. The molecule has 3 rings (SSSR count). The largest absolute Gasteiger partial charge is 0.573 e. The number of anilines is 1. The third-order valence-electron chi connectivity index (χ3n) is 3.28. The smallest absolute Gasteiger partial charge is 0.406 e. The molecule has 1 unspecified atom stereocenters. The van der Waals surface area contributed by atoms with Crippen LogP contribution in [-0.2, 0) is 7.05 Å². The van der Waals surface area contributed by atoms with E-state index < -0.39 is 12.6 Å². The summed E-state index contributed by atoms with van der Waals surface area (Å²) in [7, 11) is 1.81. The van der Waals surface area contributed by atoms with E-state index in [9.17, 15) is 18.3 Å². The zero-order chi connectivity index (χ0) is 15.9. The number of hydrogen-bond donors (Lipinski definition) is 1. The van der Waals surface area contributed by atoms with Crippen molar-refractivity contribution in [2.45, 2.75) is 12.6 Å². The van der Waals surface area contributed by atoms with Crippen molar-refractivity contribution < 1.29 is 23.0 Å². The van der Waals surface area contributed by atoms with E-state index in [-0.39, 0.29) is 5.75 Å². The predicted molar refractivity (Wildman–Crippen MR) is 72.8 cm³/mol. The van der Waals surface area contributed by atoms with E-state index in [0.29, 0.717) is 11.4 Å². The lowest BCUT2D eigenvalue weighted by Crippen LogP contribution is -2.26. The van der Waals surface area contributed by atoms with Crippen molar-refractivity contribution in [2.24, 2.45) is 7.05 Å². The molecule has 0 saturated heterocycles. The number of benzene rings is 1. The highest BCUT2D eigenvalue weighted by atomic mass is 19.4. The van der Waals surface area contributed by atoms with E-state index in [0.717, 1.165) is 5.69 Å². The molecular weight excluding hydrogens is 299 g/mol. The molecular formula is C14H12F3N3O2. The molecule has 0 saturated carbocycles. The first-order chi connectivity index (χ1) is 10.3. The molecule has 22 heavy (non-hydrogen) atoms. The van der Waals surface area contributed by atoms with Crippen molar-refractivity contribution in [1.82, 2.24) is 9.55 Å². The fourth-order valence-corrected chi connectivity index (χ4v) is 2.27. The summed E-state index contributed by atoms with van der Waals surface area (Å²) in [6.45, 7) is 0. The van der Waals surface area contributed by atoms with E-state index in [2.05, 4.69) is 9.72 Å². The summed E-state index contributed by atoms with van der Waals surface area (Å²) in [5.74, 6) is -0.315. The maximum atomic E-state index is 12.1. The van der Waals surface area contributed by atoms with Crippen LogP contribution in [0.1, 0.15) is 17.6 Å². The summed E-state index contributed by atoms with van der Waals surface area (Å²) in [5, 5.41) is 10.3. The molecule has 1 aromatic heterocycles. The molecule has 2 heterocycles. The van der Waals surface area contributed by atoms with Gasteiger partial charge in [-0.25, -0.2) is 4.98 Å². The minimum Gasteiger partial charge on any atom is -0.406 e. The van der Waals surface area contributed by atoms with Crippen LogP contribution in [0.15, 0.2) is 36.8 Å². The van der Waals surface area contributed by atoms with Gasteiger partial charge in [0.2, 0.25) is 0 Å². The highest BCUT2D eigenvalue weighted by Gasteiger charge is 2.31. The van der Waals surface area contributed by atoms with Crippen molar-refractivity contribution in [3.05, 3.63) is 48.2 Å². The number of fused-ring (bicyclic) bond motifs is 1. The van der Waals surface area contributed by atoms with Crippen molar-refractivity contribution in [2.75, 3.05) is 4.90 Å². The summed E-state index contributed by atoms with van der Waals surface area (Å²) in [5.41, 5.74) is 1.79. The molecule has 5 nitrogen and oxygen atoms in total. The lowest BCUT2D eigenvalue weighted by Gasteiger charge is -2.29. The Labute approximate surface area is 123 Å². The average Bonchev–Trinajstić information content (AvgIpc) is 2.81. The molecule has 0 spiro atoms. The van der Waals surface area contributed by atoms with Crippen LogP contribution in [-0.4, -0.2) is 21.0 Å². The van der Waals surface area contributed by atoms with Crippen molar-refractivity contribution >= 4 is 11.8 Å². The quantitative estimate of drug-likeness (QED) is 0.926. The number of aliphatic hydroxyl groups excluding tert-OH is 1. The number of nitrogens with zero attached hydrogens (tertiary/aromatic N) is 3. The van der Waals surface area contributed by atoms with Crippen LogP contribution in [0.4, 0.5) is 18.9 Å². The Morgan fingerprint density at radius 3 is 2.55 bits per heavy atom. The molecule has 0 amide bonds. The minimum absolute atomic E-state index is 0.315. The molecule has 1 N–H and O–H groups in total. The van der Waals surface area contributed by atoms with Crippen LogP contribution in [0, 0.1) is 0 Å². The van der Waals surface area contributed by atoms with Crippen molar-refractivity contribution in [3.63, 3.8) is 0 Å². The van der Waals surface area contributed by atoms with Crippen molar-refractivity contribution in [1.29, 1.82) is 0 Å². The monoisotopic (exact) mass is 311 g/mol. The Balaban J connectivity index is 1.84. The molecule has 1 aliphatic rings. The van der Waals surface area contributed by atoms with E-state index in [1.807, 2.05) is 7.05 Å². The normalized spacial score (nSPS) is 17.5. The van der Waals surface area contributed by atoms with E-state index in [1.54, 1.807) is 23.2 Å². The number of aryl methyl sites for hydroxylation is 1. The number of rotatable bonds is 2. The first-order valence-corrected chi connectivity index (χ1v) is 6.37. The highest BCUT2D eigenvalue weighted by Crippen LogP contribution is 2.33. The number of aromatic nitrogens is 2. The Morgan fingerprint density at radius 2 is 1.91 bits per heavy atom. The van der Waals surface area contributed by atoms with Gasteiger partial charge in [0.05, 0.1) is 12.0 Å². The van der Waals surface area contributed by atoms with Gasteiger partial charge < -0.3 is 19.3 Å². The molecule has 0 radical (unpaired) electrons. The second-order valence-corrected chi connectivity index (χ2v) is 4.76. The van der Waals surface area contributed by atoms with Crippen LogP contribution in [0.25, 0.3) is 6.08 Å². The number of alkyl halides is 3. The number of aliphatic hydroxyl groups is 1. The van der Waals surface area contributed by atoms with Gasteiger partial charge in [0.15, 0.2) is 6.23 Å². The van der Waals surface area contributed by atoms with Gasteiger partial charge in [-0.2, -0.15) is 0 Å². The molecule has 2 aromatic rings. The van der Waals surface area contributed by atoms with E-state index in [4.69, 9.17) is 0 Å². The highest BCUT2D eigenvalue weighted by molar-refractivity contribution is 5.63. The van der Waals surface area contributed by atoms with Crippen LogP contribution in [0.3, 0.4) is 0 Å². The Hall–Kier alpha value is -2.48. The topological polar surface area (TPSA) is 50.5 Å². The van der Waals surface area contributed by atoms with Gasteiger partial charge in [-0.15, -0.1) is 13.2 Å². The van der Waals surface area contributed by atoms with Crippen LogP contribution >= 0.6 is 0 Å². The number of ether oxygens (including phenoxy) is 1. The summed E-state index contributed by atoms with van der Waals surface area (Å²) >= 11 is 0. The van der Waals surface area contributed by atoms with E-state index >= 15 is 0 Å². The van der Waals surface area contributed by atoms with Crippen LogP contribution < -0.4 is 9.64 Å². The zero-order valence-corrected chi connectivity index (χ0v) is 11.4. The number of hydrogen-bond acceptors (Lipinski definition) is 4. The first kappa shape index (κ1) is 14.5. The molecule has 1 atom stereocenters. The van der Waals surface area contributed by atoms with Gasteiger partial charge in [-0.3, -0.25) is 0 Å². The molecule has 1 aromatic carbocycles. The third kappa shape index (κ3) is 2.64. The maximum Gasteiger partial charge on any atom is 0.573 e.